The number of sulfonamides is 1. The lowest BCUT2D eigenvalue weighted by atomic mass is 9.95. The predicted molar refractivity (Wildman–Crippen MR) is 96.3 cm³/mol. The van der Waals surface area contributed by atoms with E-state index >= 15 is 0 Å². The van der Waals surface area contributed by atoms with Gasteiger partial charge in [-0.05, 0) is 24.5 Å². The molecule has 5 nitrogen and oxygen atoms in total. The zero-order valence-corrected chi connectivity index (χ0v) is 15.6. The molecule has 0 saturated heterocycles. The van der Waals surface area contributed by atoms with Gasteiger partial charge >= 0.3 is 0 Å². The number of halogens is 1. The fourth-order valence-electron chi connectivity index (χ4n) is 3.12. The Morgan fingerprint density at radius 2 is 1.92 bits per heavy atom. The predicted octanol–water partition coefficient (Wildman–Crippen LogP) is 2.94. The van der Waals surface area contributed by atoms with E-state index in [0.29, 0.717) is 11.6 Å². The average Bonchev–Trinajstić information content (AvgIpc) is 2.54. The second-order valence-corrected chi connectivity index (χ2v) is 8.63. The highest BCUT2D eigenvalue weighted by Crippen LogP contribution is 2.24. The SMILES string of the molecule is CS(=O)(=O)N(CCC(=O)NCc1ccccc1Cl)C1CCCCC1. The summed E-state index contributed by atoms with van der Waals surface area (Å²) in [6, 6.07) is 7.36. The molecule has 134 valence electrons. The molecule has 0 atom stereocenters. The molecule has 7 heteroatoms. The molecule has 1 N–H and O–H groups in total. The number of nitrogens with zero attached hydrogens (tertiary/aromatic N) is 1. The van der Waals surface area contributed by atoms with Crippen LogP contribution in [-0.2, 0) is 21.4 Å². The van der Waals surface area contributed by atoms with E-state index in [-0.39, 0.29) is 24.9 Å². The van der Waals surface area contributed by atoms with Crippen LogP contribution in [0.3, 0.4) is 0 Å². The molecule has 1 aliphatic rings. The van der Waals surface area contributed by atoms with Gasteiger partial charge in [0.2, 0.25) is 15.9 Å². The molecule has 2 rings (SSSR count). The number of benzene rings is 1. The first-order valence-electron chi connectivity index (χ1n) is 8.35. The highest BCUT2D eigenvalue weighted by molar-refractivity contribution is 7.88. The largest absolute Gasteiger partial charge is 0.352 e. The van der Waals surface area contributed by atoms with Crippen molar-refractivity contribution < 1.29 is 13.2 Å². The Kier molecular flexibility index (Phi) is 7.07. The smallest absolute Gasteiger partial charge is 0.221 e. The molecule has 1 aliphatic carbocycles. The van der Waals surface area contributed by atoms with Crippen LogP contribution in [0.1, 0.15) is 44.1 Å². The van der Waals surface area contributed by atoms with Crippen LogP contribution in [0.25, 0.3) is 0 Å². The zero-order chi connectivity index (χ0) is 17.6. The Bertz CT molecular complexity index is 658. The van der Waals surface area contributed by atoms with Crippen molar-refractivity contribution in [3.63, 3.8) is 0 Å². The second kappa shape index (κ2) is 8.83. The summed E-state index contributed by atoms with van der Waals surface area (Å²) in [5.41, 5.74) is 0.847. The highest BCUT2D eigenvalue weighted by Gasteiger charge is 2.28. The molecule has 0 spiro atoms. The van der Waals surface area contributed by atoms with Crippen molar-refractivity contribution in [3.8, 4) is 0 Å². The lowest BCUT2D eigenvalue weighted by Gasteiger charge is -2.32. The molecule has 24 heavy (non-hydrogen) atoms. The summed E-state index contributed by atoms with van der Waals surface area (Å²) in [6.45, 7) is 0.582. The van der Waals surface area contributed by atoms with Crippen LogP contribution in [0.2, 0.25) is 5.02 Å². The summed E-state index contributed by atoms with van der Waals surface area (Å²) in [4.78, 5) is 12.1. The number of carbonyl (C=O) groups is 1. The van der Waals surface area contributed by atoms with Gasteiger partial charge in [-0.2, -0.15) is 4.31 Å². The van der Waals surface area contributed by atoms with Gasteiger partial charge in [0, 0.05) is 30.6 Å². The van der Waals surface area contributed by atoms with Crippen LogP contribution in [0.4, 0.5) is 0 Å². The van der Waals surface area contributed by atoms with E-state index in [1.807, 2.05) is 18.2 Å². The van der Waals surface area contributed by atoms with Gasteiger partial charge < -0.3 is 5.32 Å². The summed E-state index contributed by atoms with van der Waals surface area (Å²) in [5.74, 6) is -0.167. The molecule has 0 radical (unpaired) electrons. The Balaban J connectivity index is 1.87. The fourth-order valence-corrected chi connectivity index (χ4v) is 4.50. The summed E-state index contributed by atoms with van der Waals surface area (Å²) >= 11 is 6.06. The summed E-state index contributed by atoms with van der Waals surface area (Å²) < 4.78 is 25.6. The van der Waals surface area contributed by atoms with E-state index in [1.165, 1.54) is 10.6 Å². The molecular weight excluding hydrogens is 348 g/mol. The standard InChI is InChI=1S/C17H25ClN2O3S/c1-24(22,23)20(15-8-3-2-4-9-15)12-11-17(21)19-13-14-7-5-6-10-16(14)18/h5-7,10,15H,2-4,8-9,11-13H2,1H3,(H,19,21). The van der Waals surface area contributed by atoms with Crippen molar-refractivity contribution in [3.05, 3.63) is 34.9 Å². The van der Waals surface area contributed by atoms with E-state index in [4.69, 9.17) is 11.6 Å². The van der Waals surface area contributed by atoms with Crippen molar-refractivity contribution >= 4 is 27.5 Å². The molecule has 0 aliphatic heterocycles. The third-order valence-electron chi connectivity index (χ3n) is 4.40. The first kappa shape index (κ1) is 19.2. The summed E-state index contributed by atoms with van der Waals surface area (Å²) in [6.07, 6.45) is 6.41. The van der Waals surface area contributed by atoms with E-state index in [1.54, 1.807) is 6.07 Å². The third kappa shape index (κ3) is 5.76. The topological polar surface area (TPSA) is 66.5 Å². The average molecular weight is 373 g/mol. The van der Waals surface area contributed by atoms with Crippen molar-refractivity contribution in [1.82, 2.24) is 9.62 Å². The van der Waals surface area contributed by atoms with Crippen LogP contribution in [0.5, 0.6) is 0 Å². The summed E-state index contributed by atoms with van der Waals surface area (Å²) in [5, 5.41) is 3.41. The summed E-state index contributed by atoms with van der Waals surface area (Å²) in [7, 11) is -3.30. The van der Waals surface area contributed by atoms with Gasteiger partial charge in [-0.3, -0.25) is 4.79 Å². The number of hydrogen-bond acceptors (Lipinski definition) is 3. The minimum Gasteiger partial charge on any atom is -0.352 e. The van der Waals surface area contributed by atoms with Gasteiger partial charge in [-0.25, -0.2) is 8.42 Å². The van der Waals surface area contributed by atoms with E-state index in [2.05, 4.69) is 5.32 Å². The van der Waals surface area contributed by atoms with Crippen LogP contribution >= 0.6 is 11.6 Å². The molecular formula is C17H25ClN2O3S. The van der Waals surface area contributed by atoms with Gasteiger partial charge in [0.15, 0.2) is 0 Å². The van der Waals surface area contributed by atoms with E-state index in [9.17, 15) is 13.2 Å². The van der Waals surface area contributed by atoms with Gasteiger partial charge in [0.25, 0.3) is 0 Å². The fraction of sp³-hybridized carbons (Fsp3) is 0.588. The van der Waals surface area contributed by atoms with Crippen molar-refractivity contribution in [2.24, 2.45) is 0 Å². The molecule has 0 unspecified atom stereocenters. The van der Waals surface area contributed by atoms with E-state index < -0.39 is 10.0 Å². The van der Waals surface area contributed by atoms with Crippen LogP contribution in [0.15, 0.2) is 24.3 Å². The molecule has 0 bridgehead atoms. The molecule has 1 fully saturated rings. The minimum absolute atomic E-state index is 0.0325. The van der Waals surface area contributed by atoms with Crippen molar-refractivity contribution in [2.45, 2.75) is 51.1 Å². The van der Waals surface area contributed by atoms with Crippen LogP contribution < -0.4 is 5.32 Å². The molecule has 1 aromatic carbocycles. The second-order valence-electron chi connectivity index (χ2n) is 6.28. The Morgan fingerprint density at radius 1 is 1.25 bits per heavy atom. The number of carbonyl (C=O) groups excluding carboxylic acids is 1. The first-order valence-corrected chi connectivity index (χ1v) is 10.6. The molecule has 1 amide bonds. The Hall–Kier alpha value is -1.11. The maximum Gasteiger partial charge on any atom is 0.221 e. The Labute approximate surface area is 149 Å². The number of amides is 1. The minimum atomic E-state index is -3.30. The van der Waals surface area contributed by atoms with Crippen LogP contribution in [-0.4, -0.2) is 37.5 Å². The normalized spacial score (nSPS) is 16.3. The molecule has 1 saturated carbocycles. The first-order chi connectivity index (χ1) is 11.4. The number of rotatable bonds is 7. The van der Waals surface area contributed by atoms with Crippen molar-refractivity contribution in [2.75, 3.05) is 12.8 Å². The third-order valence-corrected chi connectivity index (χ3v) is 6.10. The zero-order valence-electron chi connectivity index (χ0n) is 14.0. The molecule has 0 heterocycles. The lowest BCUT2D eigenvalue weighted by molar-refractivity contribution is -0.121. The molecule has 0 aromatic heterocycles. The van der Waals surface area contributed by atoms with Crippen molar-refractivity contribution in [1.29, 1.82) is 0 Å². The highest BCUT2D eigenvalue weighted by atomic mass is 35.5. The maximum absolute atomic E-state index is 12.1. The van der Waals surface area contributed by atoms with E-state index in [0.717, 1.165) is 37.7 Å². The monoisotopic (exact) mass is 372 g/mol. The number of nitrogens with one attached hydrogen (secondary N) is 1. The van der Waals surface area contributed by atoms with Gasteiger partial charge in [0.1, 0.15) is 0 Å². The van der Waals surface area contributed by atoms with Gasteiger partial charge in [-0.15, -0.1) is 0 Å². The van der Waals surface area contributed by atoms with Gasteiger partial charge in [0.05, 0.1) is 6.26 Å². The maximum atomic E-state index is 12.1. The number of hydrogen-bond donors (Lipinski definition) is 1. The molecule has 1 aromatic rings. The van der Waals surface area contributed by atoms with Crippen LogP contribution in [0, 0.1) is 0 Å². The lowest BCUT2D eigenvalue weighted by Crippen LogP contribution is -2.42. The van der Waals surface area contributed by atoms with Gasteiger partial charge in [-0.1, -0.05) is 49.1 Å². The quantitative estimate of drug-likeness (QED) is 0.800. The Morgan fingerprint density at radius 3 is 2.54 bits per heavy atom.